The van der Waals surface area contributed by atoms with E-state index in [1.54, 1.807) is 6.07 Å². The second-order valence-corrected chi connectivity index (χ2v) is 4.48. The number of hydrogen-bond donors (Lipinski definition) is 2. The smallest absolute Gasteiger partial charge is 0.291 e. The first-order valence-electron chi connectivity index (χ1n) is 6.25. The fraction of sp³-hybridized carbons (Fsp3) is 0.267. The van der Waals surface area contributed by atoms with Gasteiger partial charge in [-0.15, -0.1) is 0 Å². The Labute approximate surface area is 112 Å². The van der Waals surface area contributed by atoms with E-state index in [-0.39, 0.29) is 11.9 Å². The van der Waals surface area contributed by atoms with Gasteiger partial charge in [0.25, 0.3) is 5.91 Å². The van der Waals surface area contributed by atoms with Crippen molar-refractivity contribution in [2.24, 2.45) is 0 Å². The first-order valence-corrected chi connectivity index (χ1v) is 6.25. The van der Waals surface area contributed by atoms with Gasteiger partial charge in [0.2, 0.25) is 0 Å². The number of rotatable bonds is 4. The number of aryl methyl sites for hydroxylation is 1. The SMILES string of the molecule is CNC(C)c1ccccc1NC(=O)c1occc1C. The minimum absolute atomic E-state index is 0.161. The Balaban J connectivity index is 2.24. The molecule has 0 aliphatic carbocycles. The molecule has 0 saturated carbocycles. The van der Waals surface area contributed by atoms with Crippen LogP contribution in [0.2, 0.25) is 0 Å². The number of amides is 1. The standard InChI is InChI=1S/C15H18N2O2/c1-10-8-9-19-14(10)15(18)17-13-7-5-4-6-12(13)11(2)16-3/h4-9,11,16H,1-3H3,(H,17,18). The number of hydrogen-bond acceptors (Lipinski definition) is 3. The van der Waals surface area contributed by atoms with Crippen molar-refractivity contribution >= 4 is 11.6 Å². The van der Waals surface area contributed by atoms with Crippen LogP contribution in [0.4, 0.5) is 5.69 Å². The third-order valence-electron chi connectivity index (χ3n) is 3.18. The fourth-order valence-corrected chi connectivity index (χ4v) is 1.93. The van der Waals surface area contributed by atoms with Crippen LogP contribution < -0.4 is 10.6 Å². The number of para-hydroxylation sites is 1. The third kappa shape index (κ3) is 2.85. The minimum atomic E-state index is -0.224. The number of furan rings is 1. The van der Waals surface area contributed by atoms with Gasteiger partial charge in [0.15, 0.2) is 5.76 Å². The lowest BCUT2D eigenvalue weighted by Crippen LogP contribution is -2.18. The predicted molar refractivity (Wildman–Crippen MR) is 75.3 cm³/mol. The first kappa shape index (κ1) is 13.4. The maximum absolute atomic E-state index is 12.1. The Bertz CT molecular complexity index is 575. The summed E-state index contributed by atoms with van der Waals surface area (Å²) in [6, 6.07) is 9.67. The van der Waals surface area contributed by atoms with Crippen molar-refractivity contribution in [2.75, 3.05) is 12.4 Å². The lowest BCUT2D eigenvalue weighted by molar-refractivity contribution is 0.0995. The van der Waals surface area contributed by atoms with Crippen LogP contribution >= 0.6 is 0 Å². The predicted octanol–water partition coefficient (Wildman–Crippen LogP) is 3.12. The van der Waals surface area contributed by atoms with Gasteiger partial charge < -0.3 is 15.1 Å². The van der Waals surface area contributed by atoms with Crippen LogP contribution in [0.3, 0.4) is 0 Å². The van der Waals surface area contributed by atoms with Crippen LogP contribution in [-0.2, 0) is 0 Å². The summed E-state index contributed by atoms with van der Waals surface area (Å²) in [5.74, 6) is 0.130. The molecule has 19 heavy (non-hydrogen) atoms. The van der Waals surface area contributed by atoms with E-state index in [1.165, 1.54) is 6.26 Å². The molecule has 1 amide bonds. The zero-order valence-electron chi connectivity index (χ0n) is 11.4. The number of benzene rings is 1. The molecule has 1 heterocycles. The number of carbonyl (C=O) groups excluding carboxylic acids is 1. The molecule has 0 aliphatic heterocycles. The van der Waals surface area contributed by atoms with E-state index < -0.39 is 0 Å². The van der Waals surface area contributed by atoms with Gasteiger partial charge in [0.1, 0.15) is 0 Å². The monoisotopic (exact) mass is 258 g/mol. The summed E-state index contributed by atoms with van der Waals surface area (Å²) >= 11 is 0. The summed E-state index contributed by atoms with van der Waals surface area (Å²) in [5, 5.41) is 6.06. The molecule has 2 N–H and O–H groups in total. The second-order valence-electron chi connectivity index (χ2n) is 4.48. The van der Waals surface area contributed by atoms with Crippen LogP contribution in [0.5, 0.6) is 0 Å². The molecule has 2 rings (SSSR count). The van der Waals surface area contributed by atoms with Gasteiger partial charge in [-0.2, -0.15) is 0 Å². The van der Waals surface area contributed by atoms with Crippen LogP contribution in [0.15, 0.2) is 41.0 Å². The molecule has 4 heteroatoms. The summed E-state index contributed by atoms with van der Waals surface area (Å²) in [6.07, 6.45) is 1.52. The molecule has 2 aromatic rings. The van der Waals surface area contributed by atoms with Gasteiger partial charge >= 0.3 is 0 Å². The van der Waals surface area contributed by atoms with Crippen molar-refractivity contribution in [3.63, 3.8) is 0 Å². The lowest BCUT2D eigenvalue weighted by atomic mass is 10.1. The number of anilines is 1. The molecule has 0 radical (unpaired) electrons. The van der Waals surface area contributed by atoms with E-state index in [0.29, 0.717) is 5.76 Å². The Kier molecular flexibility index (Phi) is 4.02. The molecular formula is C15H18N2O2. The van der Waals surface area contributed by atoms with Crippen LogP contribution in [0.25, 0.3) is 0 Å². The molecule has 0 bridgehead atoms. The van der Waals surface area contributed by atoms with Gasteiger partial charge in [-0.05, 0) is 38.6 Å². The van der Waals surface area contributed by atoms with Crippen LogP contribution in [0, 0.1) is 6.92 Å². The molecule has 0 saturated heterocycles. The summed E-state index contributed by atoms with van der Waals surface area (Å²) in [7, 11) is 1.89. The van der Waals surface area contributed by atoms with Crippen molar-refractivity contribution in [1.29, 1.82) is 0 Å². The van der Waals surface area contributed by atoms with E-state index >= 15 is 0 Å². The highest BCUT2D eigenvalue weighted by atomic mass is 16.3. The summed E-state index contributed by atoms with van der Waals surface area (Å²) in [6.45, 7) is 3.89. The number of carbonyl (C=O) groups is 1. The zero-order chi connectivity index (χ0) is 13.8. The van der Waals surface area contributed by atoms with Gasteiger partial charge in [0.05, 0.1) is 6.26 Å². The average molecular weight is 258 g/mol. The Morgan fingerprint density at radius 1 is 1.26 bits per heavy atom. The van der Waals surface area contributed by atoms with Crippen molar-refractivity contribution in [3.8, 4) is 0 Å². The van der Waals surface area contributed by atoms with Gasteiger partial charge in [-0.3, -0.25) is 4.79 Å². The van der Waals surface area contributed by atoms with E-state index in [9.17, 15) is 4.79 Å². The van der Waals surface area contributed by atoms with Crippen molar-refractivity contribution in [2.45, 2.75) is 19.9 Å². The zero-order valence-corrected chi connectivity index (χ0v) is 11.4. The fourth-order valence-electron chi connectivity index (χ4n) is 1.93. The van der Waals surface area contributed by atoms with Gasteiger partial charge in [-0.1, -0.05) is 18.2 Å². The quantitative estimate of drug-likeness (QED) is 0.886. The highest BCUT2D eigenvalue weighted by Gasteiger charge is 2.15. The molecule has 1 atom stereocenters. The van der Waals surface area contributed by atoms with Crippen LogP contribution in [-0.4, -0.2) is 13.0 Å². The average Bonchev–Trinajstić information content (AvgIpc) is 2.85. The van der Waals surface area contributed by atoms with E-state index in [2.05, 4.69) is 10.6 Å². The summed E-state index contributed by atoms with van der Waals surface area (Å²) < 4.78 is 5.20. The number of nitrogens with one attached hydrogen (secondary N) is 2. The third-order valence-corrected chi connectivity index (χ3v) is 3.18. The van der Waals surface area contributed by atoms with Crippen molar-refractivity contribution < 1.29 is 9.21 Å². The van der Waals surface area contributed by atoms with E-state index in [0.717, 1.165) is 16.8 Å². The first-order chi connectivity index (χ1) is 9.13. The Morgan fingerprint density at radius 2 is 2.00 bits per heavy atom. The summed E-state index contributed by atoms with van der Waals surface area (Å²) in [5.41, 5.74) is 2.67. The topological polar surface area (TPSA) is 54.3 Å². The maximum Gasteiger partial charge on any atom is 0.291 e. The van der Waals surface area contributed by atoms with E-state index in [4.69, 9.17) is 4.42 Å². The Morgan fingerprint density at radius 3 is 2.63 bits per heavy atom. The molecule has 1 unspecified atom stereocenters. The maximum atomic E-state index is 12.1. The molecule has 0 spiro atoms. The molecule has 100 valence electrons. The minimum Gasteiger partial charge on any atom is -0.459 e. The molecule has 0 aliphatic rings. The normalized spacial score (nSPS) is 12.2. The van der Waals surface area contributed by atoms with Gasteiger partial charge in [0, 0.05) is 17.3 Å². The molecule has 1 aromatic carbocycles. The lowest BCUT2D eigenvalue weighted by Gasteiger charge is -2.16. The highest BCUT2D eigenvalue weighted by Crippen LogP contribution is 2.23. The molecule has 4 nitrogen and oxygen atoms in total. The molecule has 0 fully saturated rings. The van der Waals surface area contributed by atoms with Crippen molar-refractivity contribution in [1.82, 2.24) is 5.32 Å². The highest BCUT2D eigenvalue weighted by molar-refractivity contribution is 6.03. The molecular weight excluding hydrogens is 240 g/mol. The van der Waals surface area contributed by atoms with Gasteiger partial charge in [-0.25, -0.2) is 0 Å². The second kappa shape index (κ2) is 5.71. The van der Waals surface area contributed by atoms with Crippen molar-refractivity contribution in [3.05, 3.63) is 53.5 Å². The van der Waals surface area contributed by atoms with Crippen LogP contribution in [0.1, 0.15) is 34.6 Å². The molecule has 1 aromatic heterocycles. The van der Waals surface area contributed by atoms with E-state index in [1.807, 2.05) is 45.2 Å². The largest absolute Gasteiger partial charge is 0.459 e. The summed E-state index contributed by atoms with van der Waals surface area (Å²) in [4.78, 5) is 12.1. The Hall–Kier alpha value is -2.07.